The first-order valence-electron chi connectivity index (χ1n) is 24.9. The number of H-pyrrole nitrogens is 1. The number of piperidine rings is 1. The molecule has 0 unspecified atom stereocenters. The molecule has 0 bridgehead atoms. The van der Waals surface area contributed by atoms with Gasteiger partial charge in [-0.1, -0.05) is 84.7 Å². The quantitative estimate of drug-likeness (QED) is 0.0609. The smallest absolute Gasteiger partial charge is 0.281 e. The minimum atomic E-state index is -1.17. The van der Waals surface area contributed by atoms with Crippen molar-refractivity contribution in [1.29, 1.82) is 0 Å². The highest BCUT2D eigenvalue weighted by Gasteiger charge is 2.35. The number of carbonyl (C=O) groups is 4. The number of unbranched alkanes of at least 4 members (excludes halogenated alkanes) is 1. The van der Waals surface area contributed by atoms with Gasteiger partial charge in [-0.3, -0.25) is 37.9 Å². The fraction of sp³-hybridized carbons (Fsp3) is 0.396. The van der Waals surface area contributed by atoms with Crippen molar-refractivity contribution in [2.24, 2.45) is 7.05 Å². The Hall–Kier alpha value is -6.90. The van der Waals surface area contributed by atoms with Crippen LogP contribution in [0.2, 0.25) is 10.0 Å². The first-order chi connectivity index (χ1) is 35.7. The Kier molecular flexibility index (Phi) is 15.9. The molecule has 0 radical (unpaired) electrons. The molecular formula is C53H60Cl2N12O7. The molecule has 1 fully saturated rings. The summed E-state index contributed by atoms with van der Waals surface area (Å²) in [6.07, 6.45) is 6.15. The third-order valence-electron chi connectivity index (χ3n) is 14.1. The number of halogens is 2. The molecule has 2 aliphatic rings. The van der Waals surface area contributed by atoms with Crippen LogP contribution in [0.15, 0.2) is 84.0 Å². The van der Waals surface area contributed by atoms with Crippen molar-refractivity contribution in [3.05, 3.63) is 122 Å². The molecule has 0 spiro atoms. The van der Waals surface area contributed by atoms with E-state index in [0.717, 1.165) is 33.3 Å². The van der Waals surface area contributed by atoms with Gasteiger partial charge < -0.3 is 40.9 Å². The minimum absolute atomic E-state index is 0.00512. The van der Waals surface area contributed by atoms with Crippen LogP contribution < -0.4 is 21.5 Å². The number of nitrogens with zero attached hydrogens (tertiary/aromatic N) is 8. The number of likely N-dealkylation sites (tertiary alicyclic amines) is 1. The molecule has 4 aromatic heterocycles. The SMILES string of the molecule is C[C@H](CC(=O)N1CCC(O)(Cn2cnc3c(-c4ccc(CNCC(=O)NCCCCNC(=O)Cn5ccc(-c6cc(Cl)c(Cl)c7[nH]c8c(c67)CN(C(=O)CO)CC8)n5)cc4)n(C)nc3c2=O)CC1)c1ccccc1. The molecule has 7 aromatic rings. The lowest BCUT2D eigenvalue weighted by atomic mass is 9.90. The second kappa shape index (κ2) is 22.7. The van der Waals surface area contributed by atoms with Gasteiger partial charge in [-0.2, -0.15) is 10.2 Å². The van der Waals surface area contributed by atoms with E-state index in [4.69, 9.17) is 23.2 Å². The molecule has 0 saturated carbocycles. The van der Waals surface area contributed by atoms with E-state index in [2.05, 4.69) is 36.1 Å². The number of fused-ring (bicyclic) bond motifs is 4. The average Bonchev–Trinajstić information content (AvgIpc) is 4.13. The zero-order valence-corrected chi connectivity index (χ0v) is 42.9. The third kappa shape index (κ3) is 11.6. The van der Waals surface area contributed by atoms with Crippen LogP contribution in [0.3, 0.4) is 0 Å². The molecule has 2 aliphatic heterocycles. The van der Waals surface area contributed by atoms with Crippen molar-refractivity contribution in [3.8, 4) is 22.5 Å². The van der Waals surface area contributed by atoms with E-state index in [1.54, 1.807) is 44.5 Å². The predicted molar refractivity (Wildman–Crippen MR) is 281 cm³/mol. The van der Waals surface area contributed by atoms with Crippen molar-refractivity contribution in [3.63, 3.8) is 0 Å². The molecule has 4 amide bonds. The van der Waals surface area contributed by atoms with Crippen LogP contribution >= 0.6 is 23.2 Å². The topological polar surface area (TPSA) is 238 Å². The summed E-state index contributed by atoms with van der Waals surface area (Å²) in [7, 11) is 1.76. The molecule has 1 saturated heterocycles. The fourth-order valence-corrected chi connectivity index (χ4v) is 10.4. The second-order valence-electron chi connectivity index (χ2n) is 19.3. The van der Waals surface area contributed by atoms with Crippen LogP contribution in [-0.4, -0.2) is 129 Å². The Morgan fingerprint density at radius 3 is 2.35 bits per heavy atom. The molecule has 19 nitrogen and oxygen atoms in total. The number of aliphatic hydroxyl groups excluding tert-OH is 1. The van der Waals surface area contributed by atoms with Gasteiger partial charge in [0.1, 0.15) is 18.7 Å². The monoisotopic (exact) mass is 1050 g/mol. The van der Waals surface area contributed by atoms with Gasteiger partial charge in [0.05, 0.1) is 52.0 Å². The molecule has 6 N–H and O–H groups in total. The van der Waals surface area contributed by atoms with Crippen LogP contribution in [0.25, 0.3) is 44.5 Å². The highest BCUT2D eigenvalue weighted by Crippen LogP contribution is 2.42. The lowest BCUT2D eigenvalue weighted by molar-refractivity contribution is -0.136. The number of hydrogen-bond acceptors (Lipinski definition) is 11. The molecule has 1 atom stereocenters. The predicted octanol–water partition coefficient (Wildman–Crippen LogP) is 4.68. The van der Waals surface area contributed by atoms with E-state index in [9.17, 15) is 34.2 Å². The summed E-state index contributed by atoms with van der Waals surface area (Å²) in [6, 6.07) is 21.2. The molecule has 74 heavy (non-hydrogen) atoms. The number of carbonyl (C=O) groups excluding carboxylic acids is 4. The minimum Gasteiger partial charge on any atom is -0.388 e. The number of benzene rings is 3. The maximum atomic E-state index is 13.7. The summed E-state index contributed by atoms with van der Waals surface area (Å²) in [4.78, 5) is 76.0. The Morgan fingerprint density at radius 1 is 0.892 bits per heavy atom. The molecular weight excluding hydrogens is 988 g/mol. The first-order valence-corrected chi connectivity index (χ1v) is 25.7. The summed E-state index contributed by atoms with van der Waals surface area (Å²) in [5.74, 6) is -0.573. The number of rotatable bonds is 19. The van der Waals surface area contributed by atoms with Gasteiger partial charge in [-0.15, -0.1) is 0 Å². The van der Waals surface area contributed by atoms with Gasteiger partial charge in [0, 0.05) is 99.7 Å². The summed E-state index contributed by atoms with van der Waals surface area (Å²) in [5, 5.41) is 40.7. The highest BCUT2D eigenvalue weighted by atomic mass is 35.5. The van der Waals surface area contributed by atoms with Crippen molar-refractivity contribution in [2.75, 3.05) is 45.9 Å². The summed E-state index contributed by atoms with van der Waals surface area (Å²) >= 11 is 13.2. The largest absolute Gasteiger partial charge is 0.388 e. The Balaban J connectivity index is 0.684. The number of aryl methyl sites for hydroxylation is 1. The Morgan fingerprint density at radius 2 is 1.62 bits per heavy atom. The van der Waals surface area contributed by atoms with Crippen LogP contribution in [0.1, 0.15) is 67.3 Å². The standard InChI is InChI=1S/C53H60Cl2N12O7/c1-33(35-8-4-3-5-9-35)24-44(71)64-22-16-53(74,17-23-64)31-66-32-59-49-50(52(66)73)62-63(2)51(49)36-12-10-34(11-13-36)26-56-27-42(69)57-18-6-7-19-58-43(70)29-67-21-15-41(61-67)37-25-39(54)47(55)48-46(37)38-28-65(45(72)30-68)20-14-40(38)60-48/h3-5,8-13,15,21,25,32-33,56,60,68,74H,6-7,14,16-20,22-24,26-31H2,1-2H3,(H,57,69)(H,58,70)/t33-/m1/s1. The van der Waals surface area contributed by atoms with Gasteiger partial charge in [-0.25, -0.2) is 4.98 Å². The molecule has 0 aliphatic carbocycles. The van der Waals surface area contributed by atoms with Crippen molar-refractivity contribution >= 4 is 68.8 Å². The zero-order valence-electron chi connectivity index (χ0n) is 41.4. The van der Waals surface area contributed by atoms with Crippen LogP contribution in [0.4, 0.5) is 0 Å². The maximum Gasteiger partial charge on any atom is 0.281 e. The van der Waals surface area contributed by atoms with Gasteiger partial charge in [0.25, 0.3) is 5.56 Å². The van der Waals surface area contributed by atoms with E-state index >= 15 is 0 Å². The van der Waals surface area contributed by atoms with Crippen LogP contribution in [0.5, 0.6) is 0 Å². The van der Waals surface area contributed by atoms with Gasteiger partial charge in [-0.05, 0) is 54.9 Å². The summed E-state index contributed by atoms with van der Waals surface area (Å²) < 4.78 is 4.59. The Bertz CT molecular complexity index is 3250. The van der Waals surface area contributed by atoms with Gasteiger partial charge >= 0.3 is 0 Å². The van der Waals surface area contributed by atoms with Crippen LogP contribution in [-0.2, 0) is 58.8 Å². The number of amides is 4. The summed E-state index contributed by atoms with van der Waals surface area (Å²) in [5.41, 5.74) is 6.47. The molecule has 6 heterocycles. The third-order valence-corrected chi connectivity index (χ3v) is 14.9. The lowest BCUT2D eigenvalue weighted by Gasteiger charge is -2.38. The maximum absolute atomic E-state index is 13.7. The van der Waals surface area contributed by atoms with Crippen molar-refractivity contribution < 1.29 is 29.4 Å². The zero-order chi connectivity index (χ0) is 52.1. The van der Waals surface area contributed by atoms with Crippen molar-refractivity contribution in [2.45, 2.75) is 83.1 Å². The van der Waals surface area contributed by atoms with E-state index in [0.29, 0.717) is 122 Å². The molecule has 388 valence electrons. The van der Waals surface area contributed by atoms with E-state index in [1.807, 2.05) is 61.5 Å². The molecule has 3 aromatic carbocycles. The number of aromatic nitrogens is 7. The summed E-state index contributed by atoms with van der Waals surface area (Å²) in [6.45, 7) is 4.55. The van der Waals surface area contributed by atoms with Crippen molar-refractivity contribution in [1.82, 2.24) is 59.8 Å². The number of nitrogens with one attached hydrogen (secondary N) is 4. The second-order valence-corrected chi connectivity index (χ2v) is 20.1. The molecule has 9 rings (SSSR count). The average molecular weight is 1050 g/mol. The fourth-order valence-electron chi connectivity index (χ4n) is 9.99. The number of hydrogen-bond donors (Lipinski definition) is 6. The van der Waals surface area contributed by atoms with E-state index in [-0.39, 0.29) is 60.3 Å². The van der Waals surface area contributed by atoms with Gasteiger partial charge in [0.15, 0.2) is 5.52 Å². The van der Waals surface area contributed by atoms with E-state index < -0.39 is 12.2 Å². The highest BCUT2D eigenvalue weighted by molar-refractivity contribution is 6.45. The number of aliphatic hydroxyl groups is 2. The van der Waals surface area contributed by atoms with Crippen LogP contribution in [0, 0.1) is 0 Å². The first kappa shape index (κ1) is 52.0. The number of aromatic amines is 1. The normalized spacial score (nSPS) is 14.8. The van der Waals surface area contributed by atoms with Gasteiger partial charge in [0.2, 0.25) is 23.6 Å². The molecule has 21 heteroatoms. The Labute approximate surface area is 436 Å². The lowest BCUT2D eigenvalue weighted by Crippen LogP contribution is -2.49. The van der Waals surface area contributed by atoms with E-state index in [1.165, 1.54) is 10.9 Å².